The first-order valence-electron chi connectivity index (χ1n) is 8.16. The number of para-hydroxylation sites is 2. The van der Waals surface area contributed by atoms with Gasteiger partial charge in [0, 0.05) is 6.42 Å². The van der Waals surface area contributed by atoms with E-state index in [1.807, 2.05) is 36.4 Å². The van der Waals surface area contributed by atoms with Gasteiger partial charge in [0.25, 0.3) is 11.5 Å². The lowest BCUT2D eigenvalue weighted by atomic mass is 10.0. The van der Waals surface area contributed by atoms with Gasteiger partial charge in [-0.15, -0.1) is 0 Å². The first-order chi connectivity index (χ1) is 12.2. The molecule has 2 aliphatic rings. The molecule has 122 valence electrons. The van der Waals surface area contributed by atoms with E-state index in [1.165, 1.54) is 0 Å². The highest BCUT2D eigenvalue weighted by atomic mass is 16.2. The molecule has 0 saturated heterocycles. The quantitative estimate of drug-likeness (QED) is 0.683. The zero-order valence-corrected chi connectivity index (χ0v) is 13.3. The molecule has 25 heavy (non-hydrogen) atoms. The van der Waals surface area contributed by atoms with Crippen molar-refractivity contribution in [3.05, 3.63) is 70.3 Å². The van der Waals surface area contributed by atoms with E-state index >= 15 is 0 Å². The number of hydrogen-bond acceptors (Lipinski definition) is 4. The van der Waals surface area contributed by atoms with Crippen molar-refractivity contribution in [1.82, 2.24) is 14.9 Å². The third-order valence-corrected chi connectivity index (χ3v) is 4.77. The van der Waals surface area contributed by atoms with Gasteiger partial charge in [-0.2, -0.15) is 0 Å². The van der Waals surface area contributed by atoms with Crippen molar-refractivity contribution in [1.29, 1.82) is 0 Å². The normalized spacial score (nSPS) is 18.5. The lowest BCUT2D eigenvalue weighted by Gasteiger charge is -2.26. The second-order valence-electron chi connectivity index (χ2n) is 6.29. The summed E-state index contributed by atoms with van der Waals surface area (Å²) in [5.41, 5.74) is 2.60. The third-order valence-electron chi connectivity index (χ3n) is 4.77. The minimum atomic E-state index is -0.243. The van der Waals surface area contributed by atoms with E-state index in [0.29, 0.717) is 40.9 Å². The third kappa shape index (κ3) is 2.11. The van der Waals surface area contributed by atoms with E-state index in [-0.39, 0.29) is 17.5 Å². The van der Waals surface area contributed by atoms with Crippen LogP contribution in [0.25, 0.3) is 10.9 Å². The Morgan fingerprint density at radius 3 is 2.76 bits per heavy atom. The summed E-state index contributed by atoms with van der Waals surface area (Å²) in [7, 11) is 0. The lowest BCUT2D eigenvalue weighted by molar-refractivity contribution is 0.0947. The number of amides is 1. The van der Waals surface area contributed by atoms with Crippen LogP contribution in [0.3, 0.4) is 0 Å². The Bertz CT molecular complexity index is 1130. The van der Waals surface area contributed by atoms with Gasteiger partial charge in [0.05, 0.1) is 40.5 Å². The van der Waals surface area contributed by atoms with Crippen LogP contribution in [0.4, 0.5) is 5.69 Å². The maximum Gasteiger partial charge on any atom is 0.261 e. The molecule has 1 N–H and O–H groups in total. The molecule has 3 aromatic rings. The molecular weight excluding hydrogens is 316 g/mol. The summed E-state index contributed by atoms with van der Waals surface area (Å²) in [5, 5.41) is 3.62. The van der Waals surface area contributed by atoms with Crippen LogP contribution in [0.5, 0.6) is 0 Å². The number of benzene rings is 2. The van der Waals surface area contributed by atoms with Gasteiger partial charge in [0.15, 0.2) is 0 Å². The highest BCUT2D eigenvalue weighted by Gasteiger charge is 2.31. The zero-order valence-electron chi connectivity index (χ0n) is 13.3. The highest BCUT2D eigenvalue weighted by Crippen LogP contribution is 2.25. The van der Waals surface area contributed by atoms with Crippen LogP contribution in [0.15, 0.2) is 58.3 Å². The number of nitrogens with one attached hydrogen (secondary N) is 1. The average Bonchev–Trinajstić information content (AvgIpc) is 2.76. The van der Waals surface area contributed by atoms with Crippen LogP contribution in [-0.2, 0) is 13.0 Å². The molecule has 1 atom stereocenters. The number of aliphatic imine (C=N–C) groups is 1. The molecule has 3 heterocycles. The monoisotopic (exact) mass is 330 g/mol. The Morgan fingerprint density at radius 2 is 1.84 bits per heavy atom. The fourth-order valence-electron chi connectivity index (χ4n) is 3.51. The van der Waals surface area contributed by atoms with Gasteiger partial charge in [-0.1, -0.05) is 24.3 Å². The molecule has 0 radical (unpaired) electrons. The van der Waals surface area contributed by atoms with Crippen LogP contribution in [0.1, 0.15) is 16.2 Å². The SMILES string of the molecule is O=C1N[C@H]2Cc3nc4ccccc4c(=O)n3CC2=Nc2ccccc21. The standard InChI is InChI=1S/C19H14N4O2/c24-18-11-5-1-3-7-13(11)20-16-10-23-17(9-15(16)22-18)21-14-8-4-2-6-12(14)19(23)25/h1-8,15H,9-10H2,(H,22,24)/t15-/m0/s1. The second-order valence-corrected chi connectivity index (χ2v) is 6.29. The van der Waals surface area contributed by atoms with Crippen LogP contribution < -0.4 is 10.9 Å². The molecule has 1 aromatic heterocycles. The molecule has 0 aliphatic carbocycles. The van der Waals surface area contributed by atoms with Crippen LogP contribution >= 0.6 is 0 Å². The smallest absolute Gasteiger partial charge is 0.261 e. The zero-order chi connectivity index (χ0) is 17.0. The summed E-state index contributed by atoms with van der Waals surface area (Å²) in [4.78, 5) is 34.6. The van der Waals surface area contributed by atoms with E-state index in [9.17, 15) is 9.59 Å². The Hall–Kier alpha value is -3.28. The molecule has 6 heteroatoms. The van der Waals surface area contributed by atoms with Crippen LogP contribution in [-0.4, -0.2) is 27.2 Å². The minimum Gasteiger partial charge on any atom is -0.343 e. The Kier molecular flexibility index (Phi) is 2.88. The number of hydrogen-bond donors (Lipinski definition) is 1. The van der Waals surface area contributed by atoms with Crippen molar-refractivity contribution >= 4 is 28.2 Å². The van der Waals surface area contributed by atoms with Crippen molar-refractivity contribution in [3.8, 4) is 0 Å². The van der Waals surface area contributed by atoms with Crippen molar-refractivity contribution in [2.45, 2.75) is 19.0 Å². The number of carbonyl (C=O) groups excluding carboxylic acids is 1. The maximum atomic E-state index is 12.8. The topological polar surface area (TPSA) is 76.3 Å². The summed E-state index contributed by atoms with van der Waals surface area (Å²) in [6.45, 7) is 0.339. The minimum absolute atomic E-state index is 0.0643. The first kappa shape index (κ1) is 14.1. The van der Waals surface area contributed by atoms with Gasteiger partial charge in [-0.25, -0.2) is 4.98 Å². The van der Waals surface area contributed by atoms with Gasteiger partial charge in [-0.3, -0.25) is 19.1 Å². The Balaban J connectivity index is 1.69. The van der Waals surface area contributed by atoms with Crippen molar-refractivity contribution < 1.29 is 4.79 Å². The summed E-state index contributed by atoms with van der Waals surface area (Å²) >= 11 is 0. The van der Waals surface area contributed by atoms with E-state index in [1.54, 1.807) is 16.7 Å². The molecule has 2 aliphatic heterocycles. The molecule has 2 aromatic carbocycles. The van der Waals surface area contributed by atoms with Crippen LogP contribution in [0, 0.1) is 0 Å². The van der Waals surface area contributed by atoms with Crippen molar-refractivity contribution in [2.24, 2.45) is 4.99 Å². The molecule has 5 rings (SSSR count). The van der Waals surface area contributed by atoms with E-state index in [4.69, 9.17) is 0 Å². The summed E-state index contributed by atoms with van der Waals surface area (Å²) < 4.78 is 1.66. The number of nitrogens with zero attached hydrogens (tertiary/aromatic N) is 3. The molecule has 0 spiro atoms. The number of rotatable bonds is 0. The summed E-state index contributed by atoms with van der Waals surface area (Å²) in [6, 6.07) is 14.3. The van der Waals surface area contributed by atoms with Gasteiger partial charge in [0.1, 0.15) is 5.82 Å². The van der Waals surface area contributed by atoms with Crippen molar-refractivity contribution in [3.63, 3.8) is 0 Å². The molecule has 0 bridgehead atoms. The summed E-state index contributed by atoms with van der Waals surface area (Å²) in [6.07, 6.45) is 0.457. The second kappa shape index (κ2) is 5.11. The number of aromatic nitrogens is 2. The number of carbonyl (C=O) groups is 1. The van der Waals surface area contributed by atoms with Crippen LogP contribution in [0.2, 0.25) is 0 Å². The molecule has 0 unspecified atom stereocenters. The van der Waals surface area contributed by atoms with Gasteiger partial charge >= 0.3 is 0 Å². The molecular formula is C19H14N4O2. The largest absolute Gasteiger partial charge is 0.343 e. The van der Waals surface area contributed by atoms with E-state index in [2.05, 4.69) is 15.3 Å². The Labute approximate surface area is 142 Å². The first-order valence-corrected chi connectivity index (χ1v) is 8.16. The fraction of sp³-hybridized carbons (Fsp3) is 0.158. The highest BCUT2D eigenvalue weighted by molar-refractivity contribution is 6.06. The number of fused-ring (bicyclic) bond motifs is 4. The van der Waals surface area contributed by atoms with Gasteiger partial charge < -0.3 is 5.32 Å². The Morgan fingerprint density at radius 1 is 1.04 bits per heavy atom. The molecule has 0 fully saturated rings. The average molecular weight is 330 g/mol. The summed E-state index contributed by atoms with van der Waals surface area (Å²) in [5.74, 6) is 0.537. The van der Waals surface area contributed by atoms with Crippen molar-refractivity contribution in [2.75, 3.05) is 0 Å². The fourth-order valence-corrected chi connectivity index (χ4v) is 3.51. The molecule has 0 saturated carbocycles. The predicted octanol–water partition coefficient (Wildman–Crippen LogP) is 1.84. The molecule has 1 amide bonds. The van der Waals surface area contributed by atoms with E-state index in [0.717, 1.165) is 5.71 Å². The predicted molar refractivity (Wildman–Crippen MR) is 94.5 cm³/mol. The molecule has 6 nitrogen and oxygen atoms in total. The van der Waals surface area contributed by atoms with Gasteiger partial charge in [-0.05, 0) is 24.3 Å². The van der Waals surface area contributed by atoms with Gasteiger partial charge in [0.2, 0.25) is 0 Å². The maximum absolute atomic E-state index is 12.8. The lowest BCUT2D eigenvalue weighted by Crippen LogP contribution is -2.48. The van der Waals surface area contributed by atoms with E-state index < -0.39 is 0 Å².